The van der Waals surface area contributed by atoms with Crippen LogP contribution < -0.4 is 43.4 Å². The van der Waals surface area contributed by atoms with E-state index in [0.29, 0.717) is 0 Å². The molecular formula is C16H2N2O8. The summed E-state index contributed by atoms with van der Waals surface area (Å²) in [7, 11) is 0. The summed E-state index contributed by atoms with van der Waals surface area (Å²) in [5.74, 6) is 0. The van der Waals surface area contributed by atoms with Crippen molar-refractivity contribution < 1.29 is 0 Å². The number of aromatic nitrogens is 2. The van der Waals surface area contributed by atoms with E-state index in [9.17, 15) is 38.4 Å². The molecule has 0 spiro atoms. The maximum Gasteiger partial charge on any atom is 0.279 e. The Hall–Kier alpha value is -4.08. The summed E-state index contributed by atoms with van der Waals surface area (Å²) < 4.78 is 0. The van der Waals surface area contributed by atoms with Crippen LogP contribution in [-0.2, 0) is 0 Å². The maximum absolute atomic E-state index is 12.2. The van der Waals surface area contributed by atoms with Gasteiger partial charge in [-0.1, -0.05) is 0 Å². The molecule has 0 saturated carbocycles. The van der Waals surface area contributed by atoms with Gasteiger partial charge in [0.15, 0.2) is 0 Å². The van der Waals surface area contributed by atoms with E-state index in [1.54, 1.807) is 0 Å². The lowest BCUT2D eigenvalue weighted by Gasteiger charge is -1.99. The summed E-state index contributed by atoms with van der Waals surface area (Å²) in [4.78, 5) is 102. The molecule has 0 saturated heterocycles. The Morgan fingerprint density at radius 2 is 0.923 bits per heavy atom. The van der Waals surface area contributed by atoms with Crippen LogP contribution in [0.4, 0.5) is 0 Å². The molecule has 10 nitrogen and oxygen atoms in total. The van der Waals surface area contributed by atoms with Crippen LogP contribution >= 0.6 is 0 Å². The van der Waals surface area contributed by atoms with Crippen molar-refractivity contribution >= 4 is 22.1 Å². The number of nitrogens with zero attached hydrogens (tertiary/aromatic N) is 2. The van der Waals surface area contributed by atoms with Crippen LogP contribution in [0, 0.1) is 10.4 Å². The van der Waals surface area contributed by atoms with Crippen molar-refractivity contribution in [1.82, 2.24) is 9.97 Å². The second-order valence-electron chi connectivity index (χ2n) is 5.41. The molecule has 0 amide bonds. The molecule has 0 N–H and O–H groups in total. The fourth-order valence-corrected chi connectivity index (χ4v) is 2.72. The first-order chi connectivity index (χ1) is 12.2. The van der Waals surface area contributed by atoms with Crippen molar-refractivity contribution in [3.8, 4) is 0 Å². The van der Waals surface area contributed by atoms with Gasteiger partial charge in [-0.05, 0) is 12.1 Å². The van der Waals surface area contributed by atoms with E-state index in [0.717, 1.165) is 12.1 Å². The third-order valence-electron chi connectivity index (χ3n) is 3.97. The van der Waals surface area contributed by atoms with E-state index >= 15 is 0 Å². The quantitative estimate of drug-likeness (QED) is 0.287. The third-order valence-corrected chi connectivity index (χ3v) is 3.97. The van der Waals surface area contributed by atoms with Crippen molar-refractivity contribution in [2.24, 2.45) is 0 Å². The molecule has 0 unspecified atom stereocenters. The van der Waals surface area contributed by atoms with Crippen molar-refractivity contribution in [2.45, 2.75) is 0 Å². The Labute approximate surface area is 137 Å². The molecule has 0 fully saturated rings. The van der Waals surface area contributed by atoms with Gasteiger partial charge in [0, 0.05) is 5.22 Å². The summed E-state index contributed by atoms with van der Waals surface area (Å²) in [6.07, 6.45) is 0. The summed E-state index contributed by atoms with van der Waals surface area (Å²) >= 11 is 0. The van der Waals surface area contributed by atoms with Crippen LogP contribution in [0.1, 0.15) is 0 Å². The lowest BCUT2D eigenvalue weighted by molar-refractivity contribution is 1.25. The average Bonchev–Trinajstić information content (AvgIpc) is 2.64. The normalized spacial score (nSPS) is 11.5. The van der Waals surface area contributed by atoms with E-state index < -0.39 is 75.9 Å². The molecule has 2 aliphatic carbocycles. The largest absolute Gasteiger partial charge is 0.286 e. The summed E-state index contributed by atoms with van der Waals surface area (Å²) in [6, 6.07) is 1.77. The first-order valence-electron chi connectivity index (χ1n) is 6.94. The molecule has 0 bridgehead atoms. The summed E-state index contributed by atoms with van der Waals surface area (Å²) in [5.41, 5.74) is -13.7. The highest BCUT2D eigenvalue weighted by molar-refractivity contribution is 5.86. The predicted octanol–water partition coefficient (Wildman–Crippen LogP) is -3.86. The first-order valence-corrected chi connectivity index (χ1v) is 6.94. The lowest BCUT2D eigenvalue weighted by Crippen LogP contribution is -2.47. The Morgan fingerprint density at radius 1 is 0.462 bits per heavy atom. The van der Waals surface area contributed by atoms with Gasteiger partial charge >= 0.3 is 0 Å². The molecule has 1 aromatic carbocycles. The standard InChI is InChI=1S/C16H2N2O8/c19-4-2-1-3-5(11(4)21)6-7(12(22)10(3)20)18-9-8(17-6)13(23)15(25)16(26)14(9)24/h1-2H. The van der Waals surface area contributed by atoms with Gasteiger partial charge in [0.05, 0.1) is 5.22 Å². The van der Waals surface area contributed by atoms with Gasteiger partial charge in [-0.15, -0.1) is 0 Å². The highest BCUT2D eigenvalue weighted by Crippen LogP contribution is 2.07. The van der Waals surface area contributed by atoms with Gasteiger partial charge in [-0.25, -0.2) is 9.97 Å². The zero-order chi connectivity index (χ0) is 18.9. The van der Waals surface area contributed by atoms with Crippen molar-refractivity contribution in [3.63, 3.8) is 0 Å². The molecule has 2 aromatic rings. The van der Waals surface area contributed by atoms with Gasteiger partial charge in [-0.3, -0.25) is 38.4 Å². The van der Waals surface area contributed by atoms with E-state index in [1.807, 2.05) is 0 Å². The lowest BCUT2D eigenvalue weighted by atomic mass is 10.1. The second kappa shape index (κ2) is 4.72. The second-order valence-corrected chi connectivity index (χ2v) is 5.41. The van der Waals surface area contributed by atoms with Crippen LogP contribution in [0.25, 0.3) is 22.1 Å². The molecule has 4 rings (SSSR count). The molecule has 124 valence electrons. The minimum absolute atomic E-state index is 0.404. The predicted molar refractivity (Wildman–Crippen MR) is 87.2 cm³/mol. The van der Waals surface area contributed by atoms with Crippen molar-refractivity contribution in [1.29, 1.82) is 0 Å². The Kier molecular flexibility index (Phi) is 2.81. The molecule has 0 aliphatic heterocycles. The molecule has 2 aliphatic rings. The van der Waals surface area contributed by atoms with E-state index in [2.05, 4.69) is 9.97 Å². The van der Waals surface area contributed by atoms with Gasteiger partial charge in [-0.2, -0.15) is 0 Å². The van der Waals surface area contributed by atoms with E-state index in [4.69, 9.17) is 0 Å². The Balaban J connectivity index is 2.60. The maximum atomic E-state index is 12.2. The minimum Gasteiger partial charge on any atom is -0.286 e. The zero-order valence-electron chi connectivity index (χ0n) is 12.3. The van der Waals surface area contributed by atoms with Gasteiger partial charge in [0.25, 0.3) is 27.1 Å². The van der Waals surface area contributed by atoms with E-state index in [1.165, 1.54) is 0 Å². The number of hydrogen-bond acceptors (Lipinski definition) is 10. The van der Waals surface area contributed by atoms with Gasteiger partial charge < -0.3 is 0 Å². The Morgan fingerprint density at radius 3 is 1.50 bits per heavy atom. The zero-order valence-corrected chi connectivity index (χ0v) is 12.3. The van der Waals surface area contributed by atoms with Crippen LogP contribution in [0.15, 0.2) is 50.5 Å². The topological polar surface area (TPSA) is 162 Å². The van der Waals surface area contributed by atoms with Crippen molar-refractivity contribution in [3.05, 3.63) is 104 Å². The highest BCUT2D eigenvalue weighted by atomic mass is 16.2. The number of rotatable bonds is 0. The van der Waals surface area contributed by atoms with Gasteiger partial charge in [0.1, 0.15) is 22.1 Å². The third kappa shape index (κ3) is 1.69. The highest BCUT2D eigenvalue weighted by Gasteiger charge is 2.20. The summed E-state index contributed by atoms with van der Waals surface area (Å²) in [5, 5.41) is -0.949. The smallest absolute Gasteiger partial charge is 0.279 e. The van der Waals surface area contributed by atoms with Gasteiger partial charge in [0.2, 0.25) is 16.3 Å². The number of hydrogen-bond donors (Lipinski definition) is 0. The SMILES string of the molecule is O=c1ccc2c(=O)c(=O)c3nc4c(=O)c(=O)c(=O)c(=O)c4nc3c=2c1=O. The molecule has 26 heavy (non-hydrogen) atoms. The molecular weight excluding hydrogens is 348 g/mol. The Bertz CT molecular complexity index is 1790. The molecule has 10 heteroatoms. The average molecular weight is 350 g/mol. The number of benzene rings is 1. The van der Waals surface area contributed by atoms with E-state index in [-0.39, 0.29) is 0 Å². The fraction of sp³-hybridized carbons (Fsp3) is 0. The monoisotopic (exact) mass is 350 g/mol. The van der Waals surface area contributed by atoms with Crippen LogP contribution in [-0.4, -0.2) is 9.97 Å². The molecule has 0 atom stereocenters. The van der Waals surface area contributed by atoms with Crippen molar-refractivity contribution in [2.75, 3.05) is 0 Å². The minimum atomic E-state index is -1.64. The molecule has 1 aromatic heterocycles. The molecule has 1 heterocycles. The van der Waals surface area contributed by atoms with Crippen LogP contribution in [0.3, 0.4) is 0 Å². The first kappa shape index (κ1) is 15.4. The fourth-order valence-electron chi connectivity index (χ4n) is 2.72. The summed E-state index contributed by atoms with van der Waals surface area (Å²) in [6.45, 7) is 0. The van der Waals surface area contributed by atoms with Crippen LogP contribution in [0.2, 0.25) is 0 Å². The molecule has 0 radical (unpaired) electrons. The van der Waals surface area contributed by atoms with Crippen LogP contribution in [0.5, 0.6) is 0 Å². The number of fused-ring (bicyclic) bond motifs is 3.